The van der Waals surface area contributed by atoms with Crippen LogP contribution in [0.4, 0.5) is 0 Å². The molecule has 4 nitrogen and oxygen atoms in total. The van der Waals surface area contributed by atoms with Crippen LogP contribution in [0.15, 0.2) is 12.1 Å². The van der Waals surface area contributed by atoms with Gasteiger partial charge in [0.2, 0.25) is 0 Å². The van der Waals surface area contributed by atoms with Gasteiger partial charge in [-0.25, -0.2) is 0 Å². The van der Waals surface area contributed by atoms with Gasteiger partial charge in [0, 0.05) is 11.0 Å². The van der Waals surface area contributed by atoms with E-state index in [1.54, 1.807) is 9.12 Å². The van der Waals surface area contributed by atoms with Crippen LogP contribution in [0.3, 0.4) is 0 Å². The fraction of sp³-hybridized carbons (Fsp3) is 0.680. The molecule has 0 bridgehead atoms. The van der Waals surface area contributed by atoms with Crippen LogP contribution in [-0.2, 0) is 9.36 Å². The summed E-state index contributed by atoms with van der Waals surface area (Å²) in [5.41, 5.74) is 3.16. The third-order valence-corrected chi connectivity index (χ3v) is 6.66. The van der Waals surface area contributed by atoms with Crippen molar-refractivity contribution in [3.8, 4) is 0 Å². The number of unbranched alkanes of at least 4 members (excludes halogenated alkanes) is 5. The van der Waals surface area contributed by atoms with E-state index in [2.05, 4.69) is 6.92 Å². The monoisotopic (exact) mass is 434 g/mol. The Morgan fingerprint density at radius 1 is 0.967 bits per heavy atom. The Kier molecular flexibility index (Phi) is 11.5. The highest BCUT2D eigenvalue weighted by atomic mass is 31.0. The maximum atomic E-state index is 13.8. The Hall–Kier alpha value is -1.54. The van der Waals surface area contributed by atoms with Crippen LogP contribution in [0.2, 0.25) is 0 Å². The summed E-state index contributed by atoms with van der Waals surface area (Å²) >= 11 is 0. The number of hydrogen-bond acceptors (Lipinski definition) is 3. The molecular weight excluding hydrogens is 395 g/mol. The van der Waals surface area contributed by atoms with Crippen molar-refractivity contribution >= 4 is 20.9 Å². The molecule has 0 aromatic heterocycles. The maximum absolute atomic E-state index is 13.8. The molecule has 1 fully saturated rings. The summed E-state index contributed by atoms with van der Waals surface area (Å²) in [6.45, 7) is 8.21. The lowest BCUT2D eigenvalue weighted by molar-refractivity contribution is -0.146. The number of rotatable bonds is 11. The fourth-order valence-corrected chi connectivity index (χ4v) is 5.29. The molecule has 0 amide bonds. The first-order chi connectivity index (χ1) is 14.3. The summed E-state index contributed by atoms with van der Waals surface area (Å²) in [6, 6.07) is 4.10. The normalized spacial score (nSPS) is 15.9. The molecule has 1 aromatic rings. The van der Waals surface area contributed by atoms with E-state index in [0.29, 0.717) is 19.3 Å². The van der Waals surface area contributed by atoms with Crippen LogP contribution in [0.25, 0.3) is 0 Å². The highest BCUT2D eigenvalue weighted by Gasteiger charge is 2.50. The zero-order valence-electron chi connectivity index (χ0n) is 19.2. The quantitative estimate of drug-likeness (QED) is 0.226. The predicted molar refractivity (Wildman–Crippen MR) is 124 cm³/mol. The van der Waals surface area contributed by atoms with Gasteiger partial charge in [-0.05, 0) is 51.2 Å². The van der Waals surface area contributed by atoms with E-state index in [1.807, 2.05) is 32.9 Å². The summed E-state index contributed by atoms with van der Waals surface area (Å²) in [5.74, 6) is -1.27. The molecule has 168 valence electrons. The first kappa shape index (κ1) is 26.5. The van der Waals surface area contributed by atoms with Crippen LogP contribution in [0, 0.1) is 32.1 Å². The van der Waals surface area contributed by atoms with E-state index in [0.717, 1.165) is 54.4 Å². The van der Waals surface area contributed by atoms with E-state index in [1.165, 1.54) is 19.3 Å². The van der Waals surface area contributed by atoms with Gasteiger partial charge >= 0.3 is 5.97 Å². The number of Topliss-reactive ketones (excluding diaryl/α,β-unsaturated/α-hetero) is 1. The molecule has 1 unspecified atom stereocenters. The number of carbonyl (C=O) groups excluding carboxylic acids is 1. The van der Waals surface area contributed by atoms with E-state index >= 15 is 0 Å². The smallest absolute Gasteiger partial charge is 0.307 e. The first-order valence-electron chi connectivity index (χ1n) is 11.4. The van der Waals surface area contributed by atoms with Crippen molar-refractivity contribution in [2.45, 2.75) is 98.3 Å². The van der Waals surface area contributed by atoms with E-state index in [9.17, 15) is 14.7 Å². The van der Waals surface area contributed by atoms with Gasteiger partial charge in [0.1, 0.15) is 9.12 Å². The minimum Gasteiger partial charge on any atom is -0.481 e. The number of hydrogen-bond donors (Lipinski definition) is 1. The number of carbonyl (C=O) groups is 2. The molecule has 1 aromatic carbocycles. The molecule has 0 saturated heterocycles. The average molecular weight is 435 g/mol. The molecule has 1 aliphatic carbocycles. The van der Waals surface area contributed by atoms with Gasteiger partial charge in [0.25, 0.3) is 0 Å². The van der Waals surface area contributed by atoms with Crippen molar-refractivity contribution in [2.75, 3.05) is 0 Å². The van der Waals surface area contributed by atoms with Gasteiger partial charge in [-0.15, -0.1) is 0 Å². The molecule has 30 heavy (non-hydrogen) atoms. The molecule has 2 rings (SSSR count). The largest absolute Gasteiger partial charge is 0.481 e. The Balaban J connectivity index is 0.00000218. The van der Waals surface area contributed by atoms with Gasteiger partial charge in [0.15, 0.2) is 5.78 Å². The van der Waals surface area contributed by atoms with Crippen molar-refractivity contribution in [3.63, 3.8) is 0 Å². The Morgan fingerprint density at radius 3 is 1.97 bits per heavy atom. The molecule has 0 aliphatic heterocycles. The number of carboxylic acid groups (broad SMARTS) is 1. The number of aryl methyl sites for hydroxylation is 3. The van der Waals surface area contributed by atoms with Crippen molar-refractivity contribution < 1.29 is 19.3 Å². The van der Waals surface area contributed by atoms with E-state index in [4.69, 9.17) is 4.57 Å². The first-order valence-corrected chi connectivity index (χ1v) is 11.8. The Bertz CT molecular complexity index is 684. The van der Waals surface area contributed by atoms with Crippen LogP contribution in [0.5, 0.6) is 0 Å². The lowest BCUT2D eigenvalue weighted by Gasteiger charge is -2.35. The summed E-state index contributed by atoms with van der Waals surface area (Å²) in [4.78, 5) is 26.0. The molecule has 0 spiro atoms. The second-order valence-electron chi connectivity index (χ2n) is 8.91. The average Bonchev–Trinajstić information content (AvgIpc) is 3.18. The minimum atomic E-state index is -0.786. The molecule has 0 heterocycles. The molecular formula is C25H39O4P. The topological polar surface area (TPSA) is 71.4 Å². The van der Waals surface area contributed by atoms with Crippen LogP contribution in [0.1, 0.15) is 105 Å². The molecule has 0 radical (unpaired) electrons. The summed E-state index contributed by atoms with van der Waals surface area (Å²) in [7, 11) is 1.72. The summed E-state index contributed by atoms with van der Waals surface area (Å²) in [5, 5.41) is 10.1. The second-order valence-corrected chi connectivity index (χ2v) is 8.91. The molecule has 1 saturated carbocycles. The lowest BCUT2D eigenvalue weighted by atomic mass is 9.66. The molecule has 1 atom stereocenters. The van der Waals surface area contributed by atoms with Crippen molar-refractivity contribution in [2.24, 2.45) is 11.3 Å². The molecule has 5 heteroatoms. The number of carboxylic acids is 1. The second kappa shape index (κ2) is 13.0. The number of aliphatic carboxylic acids is 1. The summed E-state index contributed by atoms with van der Waals surface area (Å²) < 4.78 is 8.06. The van der Waals surface area contributed by atoms with Gasteiger partial charge in [-0.2, -0.15) is 0 Å². The minimum absolute atomic E-state index is 0.0818. The number of ketones is 1. The van der Waals surface area contributed by atoms with Gasteiger partial charge in [-0.3, -0.25) is 14.2 Å². The predicted octanol–water partition coefficient (Wildman–Crippen LogP) is 7.28. The fourth-order valence-electron chi connectivity index (χ4n) is 5.29. The third kappa shape index (κ3) is 6.48. The van der Waals surface area contributed by atoms with Crippen LogP contribution in [-0.4, -0.2) is 16.9 Å². The van der Waals surface area contributed by atoms with Gasteiger partial charge in [-0.1, -0.05) is 76.0 Å². The molecule has 1 aliphatic rings. The zero-order chi connectivity index (χ0) is 22.7. The standard InChI is InChI=1S/C25H38O3.HOP/c1-5-6-7-8-9-10-13-21(24(27)28)25(14-11-12-15-25)23(26)22-19(3)16-18(2)17-20(22)4;1-2/h16-17,21H,5-15H2,1-4H3,(H,27,28);2H. The zero-order valence-corrected chi connectivity index (χ0v) is 20.2. The SMILES string of the molecule is CCCCCCCCC(C(=O)O)C1(C(=O)c2c(C)cc(C)cc2C)CCCC1.O=P. The summed E-state index contributed by atoms with van der Waals surface area (Å²) in [6.07, 6.45) is 10.8. The van der Waals surface area contributed by atoms with Crippen LogP contribution >= 0.6 is 9.12 Å². The van der Waals surface area contributed by atoms with Crippen molar-refractivity contribution in [1.82, 2.24) is 0 Å². The molecule has 1 N–H and O–H groups in total. The van der Waals surface area contributed by atoms with Crippen molar-refractivity contribution in [1.29, 1.82) is 0 Å². The maximum Gasteiger partial charge on any atom is 0.307 e. The van der Waals surface area contributed by atoms with E-state index < -0.39 is 17.3 Å². The Labute approximate surface area is 184 Å². The number of benzene rings is 1. The van der Waals surface area contributed by atoms with Crippen molar-refractivity contribution in [3.05, 3.63) is 34.4 Å². The lowest BCUT2D eigenvalue weighted by Crippen LogP contribution is -2.41. The van der Waals surface area contributed by atoms with E-state index in [-0.39, 0.29) is 5.78 Å². The third-order valence-electron chi connectivity index (χ3n) is 6.66. The Morgan fingerprint density at radius 2 is 1.47 bits per heavy atom. The highest BCUT2D eigenvalue weighted by molar-refractivity contribution is 7.00. The highest BCUT2D eigenvalue weighted by Crippen LogP contribution is 2.49. The van der Waals surface area contributed by atoms with Gasteiger partial charge < -0.3 is 5.11 Å². The van der Waals surface area contributed by atoms with Crippen LogP contribution < -0.4 is 0 Å². The van der Waals surface area contributed by atoms with Gasteiger partial charge in [0.05, 0.1) is 5.92 Å².